The zero-order valence-electron chi connectivity index (χ0n) is 33.4. The fourth-order valence-corrected chi connectivity index (χ4v) is 6.00. The molecule has 1 radical (unpaired) electrons. The van der Waals surface area contributed by atoms with Gasteiger partial charge in [-0.25, -0.2) is 0 Å². The Morgan fingerprint density at radius 2 is 1.51 bits per heavy atom. The summed E-state index contributed by atoms with van der Waals surface area (Å²) in [6.45, 7) is 4.58. The van der Waals surface area contributed by atoms with Crippen molar-refractivity contribution in [3.8, 4) is 28.3 Å². The molecule has 0 amide bonds. The first-order valence-electron chi connectivity index (χ1n) is 18.9. The van der Waals surface area contributed by atoms with Crippen LogP contribution >= 0.6 is 0 Å². The number of pyridine rings is 1. The van der Waals surface area contributed by atoms with Gasteiger partial charge >= 0.3 is 0 Å². The molecule has 0 saturated carbocycles. The Morgan fingerprint density at radius 3 is 2.20 bits per heavy atom. The van der Waals surface area contributed by atoms with Crippen LogP contribution in [0.4, 0.5) is 0 Å². The number of benzene rings is 4. The third kappa shape index (κ3) is 6.57. The van der Waals surface area contributed by atoms with E-state index >= 15 is 0 Å². The van der Waals surface area contributed by atoms with Crippen molar-refractivity contribution in [1.29, 1.82) is 0 Å². The van der Waals surface area contributed by atoms with E-state index in [0.717, 1.165) is 50.0 Å². The minimum atomic E-state index is -2.18. The molecule has 7 heteroatoms. The number of fused-ring (bicyclic) bond motifs is 4. The molecule has 0 fully saturated rings. The fraction of sp³-hybridized carbons (Fsp3) is 0.190. The van der Waals surface area contributed by atoms with E-state index in [1.165, 1.54) is 35.5 Å². The van der Waals surface area contributed by atoms with Gasteiger partial charge in [-0.05, 0) is 47.1 Å². The zero-order chi connectivity index (χ0) is 38.4. The van der Waals surface area contributed by atoms with Crippen LogP contribution in [0.2, 0.25) is 0 Å². The number of furan rings is 1. The van der Waals surface area contributed by atoms with Gasteiger partial charge in [0.15, 0.2) is 0 Å². The van der Waals surface area contributed by atoms with Crippen molar-refractivity contribution < 1.29 is 32.7 Å². The van der Waals surface area contributed by atoms with Crippen molar-refractivity contribution in [3.63, 3.8) is 0 Å². The van der Waals surface area contributed by atoms with Crippen LogP contribution in [0.3, 0.4) is 0 Å². The summed E-state index contributed by atoms with van der Waals surface area (Å²) in [5.74, 6) is 1.45. The van der Waals surface area contributed by atoms with E-state index < -0.39 is 13.7 Å². The predicted molar refractivity (Wildman–Crippen MR) is 194 cm³/mol. The summed E-state index contributed by atoms with van der Waals surface area (Å²) in [7, 11) is 0. The van der Waals surface area contributed by atoms with Gasteiger partial charge in [0.25, 0.3) is 0 Å². The molecule has 0 saturated heterocycles. The van der Waals surface area contributed by atoms with E-state index in [-0.39, 0.29) is 31.2 Å². The molecule has 0 atom stereocenters. The Kier molecular flexibility index (Phi) is 7.83. The SMILES string of the molecule is CC(C)c1cccc(C(C)C)c1-n1c(-c2[c-]ccc3c2oc2ccccc23)nc2cnncc21.[2H]C([2H])([2H])c1c[c-]c(-c2ccc(C([2H])([2H])[2H])cn2)cc1.[Ir]. The van der Waals surface area contributed by atoms with Gasteiger partial charge in [-0.3, -0.25) is 4.98 Å². The Hall–Kier alpha value is -4.97. The largest absolute Gasteiger partial charge is 0.501 e. The van der Waals surface area contributed by atoms with Crippen LogP contribution in [0, 0.1) is 25.8 Å². The first-order valence-corrected chi connectivity index (χ1v) is 15.9. The average molecular weight is 826 g/mol. The second kappa shape index (κ2) is 14.3. The second-order valence-corrected chi connectivity index (χ2v) is 12.2. The summed E-state index contributed by atoms with van der Waals surface area (Å²) in [6, 6.07) is 32.6. The molecule has 0 spiro atoms. The van der Waals surface area contributed by atoms with Crippen molar-refractivity contribution >= 4 is 33.0 Å². The molecule has 6 nitrogen and oxygen atoms in total. The smallest absolute Gasteiger partial charge is 0.120 e. The quantitative estimate of drug-likeness (QED) is 0.162. The predicted octanol–water partition coefficient (Wildman–Crippen LogP) is 10.6. The number of aromatic nitrogens is 5. The van der Waals surface area contributed by atoms with Gasteiger partial charge in [0, 0.05) is 45.6 Å². The summed E-state index contributed by atoms with van der Waals surface area (Å²) in [5.41, 5.74) is 9.41. The number of aryl methyl sites for hydroxylation is 2. The Morgan fingerprint density at radius 1 is 0.755 bits per heavy atom. The van der Waals surface area contributed by atoms with Crippen LogP contribution in [-0.2, 0) is 20.1 Å². The van der Waals surface area contributed by atoms with Crippen LogP contribution in [0.25, 0.3) is 61.3 Å². The van der Waals surface area contributed by atoms with Crippen LogP contribution in [0.15, 0.2) is 108 Å². The zero-order valence-corrected chi connectivity index (χ0v) is 29.8. The van der Waals surface area contributed by atoms with Crippen LogP contribution in [0.1, 0.15) is 70.0 Å². The monoisotopic (exact) mass is 826 g/mol. The first kappa shape index (κ1) is 26.9. The number of para-hydroxylation sites is 2. The van der Waals surface area contributed by atoms with Gasteiger partial charge in [-0.1, -0.05) is 94.0 Å². The maximum atomic E-state index is 7.28. The number of nitrogens with zero attached hydrogens (tertiary/aromatic N) is 5. The molecule has 0 aliphatic heterocycles. The summed E-state index contributed by atoms with van der Waals surface area (Å²) >= 11 is 0. The number of imidazole rings is 1. The second-order valence-electron chi connectivity index (χ2n) is 12.2. The van der Waals surface area contributed by atoms with E-state index in [1.54, 1.807) is 24.5 Å². The van der Waals surface area contributed by atoms with E-state index in [4.69, 9.17) is 17.6 Å². The molecular weight excluding hydrogens is 783 g/mol. The van der Waals surface area contributed by atoms with Crippen LogP contribution < -0.4 is 0 Å². The standard InChI is InChI=1S/C29H25N4O.C13H12N.Ir/c1-17(2)19-10-7-11-20(18(3)4)27(19)33-25-16-31-30-15-24(25)32-29(33)23-13-8-12-22-21-9-5-6-14-26(21)34-28(22)23;1-10-3-6-12(7-4-10)13-8-5-11(2)9-14-13;/h5-12,14-18H,1-4H3;3-6,8-9H,1-2H3;/q2*-1;/i;1D3,2D3;. The summed E-state index contributed by atoms with van der Waals surface area (Å²) in [4.78, 5) is 9.13. The molecule has 0 N–H and O–H groups in total. The van der Waals surface area contributed by atoms with E-state index in [1.807, 2.05) is 24.3 Å². The molecule has 4 aromatic heterocycles. The molecular formula is C42H37IrN5O-2. The van der Waals surface area contributed by atoms with E-state index in [2.05, 4.69) is 89.9 Å². The van der Waals surface area contributed by atoms with E-state index in [0.29, 0.717) is 23.1 Å². The Balaban J connectivity index is 0.000000211. The molecule has 4 heterocycles. The van der Waals surface area contributed by atoms with Crippen molar-refractivity contribution in [1.82, 2.24) is 24.7 Å². The summed E-state index contributed by atoms with van der Waals surface area (Å²) in [6.07, 6.45) is 4.82. The van der Waals surface area contributed by atoms with Gasteiger partial charge in [0.1, 0.15) is 5.58 Å². The van der Waals surface area contributed by atoms with Crippen molar-refractivity contribution in [2.75, 3.05) is 0 Å². The van der Waals surface area contributed by atoms with Crippen LogP contribution in [0.5, 0.6) is 0 Å². The normalized spacial score (nSPS) is 13.6. The Labute approximate surface area is 309 Å². The number of hydrogen-bond acceptors (Lipinski definition) is 5. The average Bonchev–Trinajstić information content (AvgIpc) is 3.73. The van der Waals surface area contributed by atoms with Crippen molar-refractivity contribution in [2.45, 2.75) is 53.2 Å². The maximum absolute atomic E-state index is 7.28. The van der Waals surface area contributed by atoms with Crippen molar-refractivity contribution in [3.05, 3.63) is 138 Å². The van der Waals surface area contributed by atoms with Gasteiger partial charge in [-0.2, -0.15) is 10.2 Å². The van der Waals surface area contributed by atoms with Crippen molar-refractivity contribution in [2.24, 2.45) is 0 Å². The Bertz CT molecular complexity index is 2510. The molecule has 0 aliphatic carbocycles. The minimum absolute atomic E-state index is 0. The molecule has 8 rings (SSSR count). The molecule has 0 unspecified atom stereocenters. The molecule has 49 heavy (non-hydrogen) atoms. The van der Waals surface area contributed by atoms with Crippen LogP contribution in [-0.4, -0.2) is 24.7 Å². The first-order chi connectivity index (χ1) is 25.7. The van der Waals surface area contributed by atoms with Gasteiger partial charge in [0.2, 0.25) is 0 Å². The molecule has 0 bridgehead atoms. The third-order valence-corrected chi connectivity index (χ3v) is 8.35. The fourth-order valence-electron chi connectivity index (χ4n) is 6.00. The van der Waals surface area contributed by atoms with Gasteiger partial charge < -0.3 is 14.0 Å². The maximum Gasteiger partial charge on any atom is 0.120 e. The van der Waals surface area contributed by atoms with Gasteiger partial charge in [0.05, 0.1) is 34.8 Å². The topological polar surface area (TPSA) is 69.6 Å². The third-order valence-electron chi connectivity index (χ3n) is 8.35. The molecule has 8 aromatic rings. The number of rotatable bonds is 5. The van der Waals surface area contributed by atoms with E-state index in [9.17, 15) is 0 Å². The number of hydrogen-bond donors (Lipinski definition) is 0. The molecule has 247 valence electrons. The summed E-state index contributed by atoms with van der Waals surface area (Å²) < 4.78 is 52.2. The molecule has 0 aliphatic rings. The minimum Gasteiger partial charge on any atom is -0.501 e. The summed E-state index contributed by atoms with van der Waals surface area (Å²) in [5, 5.41) is 10.5. The molecule has 4 aromatic carbocycles. The van der Waals surface area contributed by atoms with Gasteiger partial charge in [-0.15, -0.1) is 53.6 Å².